The summed E-state index contributed by atoms with van der Waals surface area (Å²) in [6.45, 7) is 5.10. The molecule has 0 bridgehead atoms. The highest BCUT2D eigenvalue weighted by molar-refractivity contribution is 7.11. The van der Waals surface area contributed by atoms with Crippen molar-refractivity contribution in [3.05, 3.63) is 11.3 Å². The Morgan fingerprint density at radius 3 is 2.71 bits per heavy atom. The second-order valence-electron chi connectivity index (χ2n) is 3.69. The number of aryl methyl sites for hydroxylation is 1. The fraction of sp³-hybridized carbons (Fsp3) is 0.500. The number of hydrogen-bond acceptors (Lipinski definition) is 5. The lowest BCUT2D eigenvalue weighted by Crippen LogP contribution is -2.21. The Labute approximate surface area is 103 Å². The number of nitrogens with zero attached hydrogens (tertiary/aromatic N) is 1. The third-order valence-corrected chi connectivity index (χ3v) is 2.73. The van der Waals surface area contributed by atoms with Gasteiger partial charge in [-0.25, -0.2) is 4.79 Å². The van der Waals surface area contributed by atoms with E-state index in [2.05, 4.69) is 9.69 Å². The van der Waals surface area contributed by atoms with Crippen molar-refractivity contribution in [3.63, 3.8) is 0 Å². The Balaban J connectivity index is 2.69. The van der Waals surface area contributed by atoms with Gasteiger partial charge >= 0.3 is 5.97 Å². The van der Waals surface area contributed by atoms with Crippen molar-refractivity contribution < 1.29 is 19.4 Å². The zero-order valence-electron chi connectivity index (χ0n) is 9.81. The molecule has 0 fully saturated rings. The molecule has 1 amide bonds. The number of carboxylic acid groups (broad SMARTS) is 1. The van der Waals surface area contributed by atoms with Gasteiger partial charge in [0.1, 0.15) is 17.2 Å². The maximum Gasteiger partial charge on any atom is 0.340 e. The molecule has 6 nitrogen and oxygen atoms in total. The molecule has 0 aliphatic rings. The van der Waals surface area contributed by atoms with Crippen LogP contribution in [0.1, 0.15) is 29.9 Å². The van der Waals surface area contributed by atoms with Crippen molar-refractivity contribution in [2.75, 3.05) is 11.9 Å². The topological polar surface area (TPSA) is 88.5 Å². The van der Waals surface area contributed by atoms with E-state index in [4.69, 9.17) is 9.84 Å². The second kappa shape index (κ2) is 5.74. The first-order valence-corrected chi connectivity index (χ1v) is 5.80. The molecule has 0 unspecified atom stereocenters. The van der Waals surface area contributed by atoms with Crippen LogP contribution in [0.15, 0.2) is 0 Å². The number of carbonyl (C=O) groups excluding carboxylic acids is 1. The zero-order chi connectivity index (χ0) is 13.0. The number of carbonyl (C=O) groups is 2. The van der Waals surface area contributed by atoms with Crippen molar-refractivity contribution in [2.45, 2.75) is 26.9 Å². The van der Waals surface area contributed by atoms with E-state index in [1.54, 1.807) is 6.92 Å². The zero-order valence-corrected chi connectivity index (χ0v) is 10.6. The Morgan fingerprint density at radius 2 is 2.18 bits per heavy atom. The first kappa shape index (κ1) is 13.6. The molecule has 0 atom stereocenters. The molecule has 7 heteroatoms. The van der Waals surface area contributed by atoms with Gasteiger partial charge in [0.25, 0.3) is 5.91 Å². The van der Waals surface area contributed by atoms with E-state index in [9.17, 15) is 9.59 Å². The van der Waals surface area contributed by atoms with E-state index in [1.807, 2.05) is 13.8 Å². The van der Waals surface area contributed by atoms with Crippen LogP contribution in [0.5, 0.6) is 0 Å². The highest BCUT2D eigenvalue weighted by Crippen LogP contribution is 2.24. The molecule has 1 rings (SSSR count). The molecule has 1 aromatic heterocycles. The summed E-state index contributed by atoms with van der Waals surface area (Å²) in [5.41, 5.74) is 0.426. The fourth-order valence-electron chi connectivity index (χ4n) is 1.11. The Bertz CT molecular complexity index is 428. The number of hydrogen-bond donors (Lipinski definition) is 2. The molecular formula is C10H14N2O4S. The van der Waals surface area contributed by atoms with E-state index < -0.39 is 5.97 Å². The Hall–Kier alpha value is -1.47. The molecule has 0 radical (unpaired) electrons. The van der Waals surface area contributed by atoms with Crippen LogP contribution < -0.4 is 5.32 Å². The average Bonchev–Trinajstić information content (AvgIpc) is 2.56. The van der Waals surface area contributed by atoms with Gasteiger partial charge in [-0.15, -0.1) is 0 Å². The summed E-state index contributed by atoms with van der Waals surface area (Å²) >= 11 is 0.949. The summed E-state index contributed by atoms with van der Waals surface area (Å²) in [5, 5.41) is 11.7. The van der Waals surface area contributed by atoms with Crippen LogP contribution in [0.3, 0.4) is 0 Å². The van der Waals surface area contributed by atoms with Gasteiger partial charge in [0.05, 0.1) is 11.8 Å². The summed E-state index contributed by atoms with van der Waals surface area (Å²) in [5.74, 6) is -1.49. The summed E-state index contributed by atoms with van der Waals surface area (Å²) in [6.07, 6.45) is -0.0529. The van der Waals surface area contributed by atoms with E-state index in [1.165, 1.54) is 0 Å². The highest BCUT2D eigenvalue weighted by Gasteiger charge is 2.19. The van der Waals surface area contributed by atoms with Crippen LogP contribution >= 0.6 is 11.5 Å². The van der Waals surface area contributed by atoms with E-state index in [0.29, 0.717) is 5.69 Å². The molecule has 0 spiro atoms. The molecule has 0 saturated heterocycles. The van der Waals surface area contributed by atoms with Crippen molar-refractivity contribution in [1.29, 1.82) is 0 Å². The molecule has 0 saturated carbocycles. The Morgan fingerprint density at radius 1 is 1.53 bits per heavy atom. The third kappa shape index (κ3) is 3.79. The summed E-state index contributed by atoms with van der Waals surface area (Å²) in [4.78, 5) is 22.4. The number of aromatic carboxylic acids is 1. The van der Waals surface area contributed by atoms with Crippen LogP contribution in [0.25, 0.3) is 0 Å². The molecule has 1 heterocycles. The SMILES string of the molecule is Cc1nsc(NC(=O)COC(C)C)c1C(=O)O. The molecule has 0 aromatic carbocycles. The third-order valence-electron chi connectivity index (χ3n) is 1.88. The van der Waals surface area contributed by atoms with Crippen molar-refractivity contribution in [1.82, 2.24) is 4.37 Å². The smallest absolute Gasteiger partial charge is 0.340 e. The number of anilines is 1. The standard InChI is InChI=1S/C10H14N2O4S/c1-5(2)16-4-7(13)11-9-8(10(14)15)6(3)12-17-9/h5H,4H2,1-3H3,(H,11,13)(H,14,15). The van der Waals surface area contributed by atoms with Gasteiger partial charge in [-0.2, -0.15) is 4.37 Å². The first-order valence-electron chi connectivity index (χ1n) is 5.02. The maximum absolute atomic E-state index is 11.5. The van der Waals surface area contributed by atoms with E-state index in [-0.39, 0.29) is 29.2 Å². The van der Waals surface area contributed by atoms with Crippen LogP contribution in [0, 0.1) is 6.92 Å². The number of ether oxygens (including phenoxy) is 1. The van der Waals surface area contributed by atoms with Gasteiger partial charge in [-0.3, -0.25) is 4.79 Å². The minimum Gasteiger partial charge on any atom is -0.478 e. The predicted octanol–water partition coefficient (Wildman–Crippen LogP) is 1.51. The number of aromatic nitrogens is 1. The molecule has 17 heavy (non-hydrogen) atoms. The number of amides is 1. The van der Waals surface area contributed by atoms with Crippen LogP contribution in [-0.4, -0.2) is 34.1 Å². The summed E-state index contributed by atoms with van der Waals surface area (Å²) < 4.78 is 9.00. The van der Waals surface area contributed by atoms with Crippen LogP contribution in [0.4, 0.5) is 5.00 Å². The van der Waals surface area contributed by atoms with E-state index >= 15 is 0 Å². The molecule has 2 N–H and O–H groups in total. The molecule has 1 aromatic rings. The number of rotatable bonds is 5. The van der Waals surface area contributed by atoms with Crippen LogP contribution in [0.2, 0.25) is 0 Å². The number of carboxylic acids is 1. The minimum atomic E-state index is -1.10. The molecular weight excluding hydrogens is 244 g/mol. The van der Waals surface area contributed by atoms with Gasteiger partial charge in [0.15, 0.2) is 0 Å². The van der Waals surface area contributed by atoms with Crippen LogP contribution in [-0.2, 0) is 9.53 Å². The van der Waals surface area contributed by atoms with Gasteiger partial charge in [0.2, 0.25) is 0 Å². The van der Waals surface area contributed by atoms with Gasteiger partial charge in [0, 0.05) is 0 Å². The van der Waals surface area contributed by atoms with Gasteiger partial charge in [-0.05, 0) is 32.3 Å². The predicted molar refractivity (Wildman–Crippen MR) is 63.5 cm³/mol. The number of nitrogens with one attached hydrogen (secondary N) is 1. The monoisotopic (exact) mass is 258 g/mol. The molecule has 0 aliphatic heterocycles. The lowest BCUT2D eigenvalue weighted by atomic mass is 10.2. The first-order chi connectivity index (χ1) is 7.91. The van der Waals surface area contributed by atoms with Gasteiger partial charge < -0.3 is 15.2 Å². The lowest BCUT2D eigenvalue weighted by molar-refractivity contribution is -0.121. The molecule has 94 valence electrons. The van der Waals surface area contributed by atoms with Gasteiger partial charge in [-0.1, -0.05) is 0 Å². The second-order valence-corrected chi connectivity index (χ2v) is 4.46. The normalized spacial score (nSPS) is 10.6. The maximum atomic E-state index is 11.5. The largest absolute Gasteiger partial charge is 0.478 e. The van der Waals surface area contributed by atoms with E-state index in [0.717, 1.165) is 11.5 Å². The van der Waals surface area contributed by atoms with Crippen molar-refractivity contribution in [3.8, 4) is 0 Å². The highest BCUT2D eigenvalue weighted by atomic mass is 32.1. The Kier molecular flexibility index (Phi) is 4.59. The van der Waals surface area contributed by atoms with Crippen molar-refractivity contribution >= 4 is 28.4 Å². The summed E-state index contributed by atoms with van der Waals surface area (Å²) in [6, 6.07) is 0. The molecule has 0 aliphatic carbocycles. The fourth-order valence-corrected chi connectivity index (χ4v) is 1.92. The quantitative estimate of drug-likeness (QED) is 0.835. The lowest BCUT2D eigenvalue weighted by Gasteiger charge is -2.07. The minimum absolute atomic E-state index is 0.0351. The summed E-state index contributed by atoms with van der Waals surface area (Å²) in [7, 11) is 0. The van der Waals surface area contributed by atoms with Crippen molar-refractivity contribution in [2.24, 2.45) is 0 Å². The average molecular weight is 258 g/mol.